The molecule has 6 nitrogen and oxygen atoms in total. The Morgan fingerprint density at radius 2 is 2.11 bits per heavy atom. The Bertz CT molecular complexity index is 629. The molecule has 0 unspecified atom stereocenters. The van der Waals surface area contributed by atoms with Crippen molar-refractivity contribution in [3.63, 3.8) is 0 Å². The van der Waals surface area contributed by atoms with Gasteiger partial charge in [0.15, 0.2) is 0 Å². The molecule has 1 aromatic rings. The van der Waals surface area contributed by atoms with Crippen LogP contribution in [0.4, 0.5) is 0 Å². The third kappa shape index (κ3) is 2.52. The second-order valence-corrected chi connectivity index (χ2v) is 5.16. The lowest BCUT2D eigenvalue weighted by Gasteiger charge is -2.16. The summed E-state index contributed by atoms with van der Waals surface area (Å²) in [5.74, 6) is -1.04. The standard InChI is InChI=1S/C11H10O6S/c12-10(13)6-7-4-8-2-1-3-17-11(8)9(5-7)18(14,15)16/h1-2,4-5H,3,6H2,(H,12,13)(H,14,15,16). The van der Waals surface area contributed by atoms with Gasteiger partial charge in [0, 0.05) is 5.56 Å². The van der Waals surface area contributed by atoms with E-state index in [4.69, 9.17) is 14.4 Å². The SMILES string of the molecule is O=C(O)Cc1cc2c(c(S(=O)(=O)O)c1)OCC=C2. The summed E-state index contributed by atoms with van der Waals surface area (Å²) in [6.45, 7) is 0.202. The molecule has 1 aliphatic heterocycles. The molecule has 2 rings (SSSR count). The summed E-state index contributed by atoms with van der Waals surface area (Å²) in [5, 5.41) is 8.70. The van der Waals surface area contributed by atoms with Crippen LogP contribution in [0.25, 0.3) is 6.08 Å². The number of carboxylic acid groups (broad SMARTS) is 1. The van der Waals surface area contributed by atoms with E-state index in [9.17, 15) is 13.2 Å². The topological polar surface area (TPSA) is 101 Å². The summed E-state index contributed by atoms with van der Waals surface area (Å²) in [6.07, 6.45) is 2.96. The quantitative estimate of drug-likeness (QED) is 0.793. The van der Waals surface area contributed by atoms with E-state index in [0.29, 0.717) is 5.56 Å². The number of aliphatic carboxylic acids is 1. The zero-order valence-electron chi connectivity index (χ0n) is 9.16. The molecule has 0 bridgehead atoms. The monoisotopic (exact) mass is 270 g/mol. The highest BCUT2D eigenvalue weighted by Gasteiger charge is 2.22. The minimum Gasteiger partial charge on any atom is -0.487 e. The second-order valence-electron chi connectivity index (χ2n) is 3.77. The minimum atomic E-state index is -4.45. The summed E-state index contributed by atoms with van der Waals surface area (Å²) in [6, 6.07) is 2.63. The molecule has 1 aromatic carbocycles. The van der Waals surface area contributed by atoms with Crippen LogP contribution < -0.4 is 4.74 Å². The van der Waals surface area contributed by atoms with Crippen molar-refractivity contribution < 1.29 is 27.6 Å². The highest BCUT2D eigenvalue weighted by molar-refractivity contribution is 7.86. The molecule has 0 amide bonds. The van der Waals surface area contributed by atoms with Gasteiger partial charge in [0.05, 0.1) is 6.42 Å². The molecule has 96 valence electrons. The fourth-order valence-corrected chi connectivity index (χ4v) is 2.45. The van der Waals surface area contributed by atoms with E-state index >= 15 is 0 Å². The normalized spacial score (nSPS) is 13.8. The molecule has 2 N–H and O–H groups in total. The van der Waals surface area contributed by atoms with E-state index in [2.05, 4.69) is 0 Å². The summed E-state index contributed by atoms with van der Waals surface area (Å²) in [5.41, 5.74) is 0.719. The molecule has 0 atom stereocenters. The summed E-state index contributed by atoms with van der Waals surface area (Å²) >= 11 is 0. The van der Waals surface area contributed by atoms with Crippen molar-refractivity contribution in [1.82, 2.24) is 0 Å². The molecule has 18 heavy (non-hydrogen) atoms. The predicted octanol–water partition coefficient (Wildman–Crippen LogP) is 0.966. The lowest BCUT2D eigenvalue weighted by molar-refractivity contribution is -0.136. The molecule has 0 saturated carbocycles. The Hall–Kier alpha value is -1.86. The van der Waals surface area contributed by atoms with E-state index in [1.807, 2.05) is 0 Å². The number of benzene rings is 1. The van der Waals surface area contributed by atoms with Crippen molar-refractivity contribution >= 4 is 22.2 Å². The maximum atomic E-state index is 11.2. The zero-order chi connectivity index (χ0) is 13.3. The molecule has 0 saturated heterocycles. The Morgan fingerprint density at radius 1 is 1.39 bits per heavy atom. The van der Waals surface area contributed by atoms with Gasteiger partial charge in [0.1, 0.15) is 17.3 Å². The number of ether oxygens (including phenoxy) is 1. The van der Waals surface area contributed by atoms with Crippen LogP contribution >= 0.6 is 0 Å². The second kappa shape index (κ2) is 4.43. The van der Waals surface area contributed by atoms with Gasteiger partial charge in [-0.05, 0) is 23.8 Å². The number of hydrogen-bond acceptors (Lipinski definition) is 4. The van der Waals surface area contributed by atoms with Gasteiger partial charge < -0.3 is 9.84 Å². The molecule has 1 heterocycles. The largest absolute Gasteiger partial charge is 0.487 e. The van der Waals surface area contributed by atoms with Crippen molar-refractivity contribution in [2.24, 2.45) is 0 Å². The molecule has 0 radical (unpaired) electrons. The summed E-state index contributed by atoms with van der Waals surface area (Å²) in [4.78, 5) is 10.2. The summed E-state index contributed by atoms with van der Waals surface area (Å²) in [7, 11) is -4.45. The van der Waals surface area contributed by atoms with E-state index in [1.165, 1.54) is 6.07 Å². The highest BCUT2D eigenvalue weighted by atomic mass is 32.2. The first-order valence-corrected chi connectivity index (χ1v) is 6.47. The third-order valence-electron chi connectivity index (χ3n) is 2.40. The van der Waals surface area contributed by atoms with Gasteiger partial charge in [0.25, 0.3) is 10.1 Å². The van der Waals surface area contributed by atoms with Crippen LogP contribution in [0.1, 0.15) is 11.1 Å². The maximum Gasteiger partial charge on any atom is 0.307 e. The van der Waals surface area contributed by atoms with Crippen LogP contribution in [0.15, 0.2) is 23.1 Å². The van der Waals surface area contributed by atoms with Gasteiger partial charge in [-0.3, -0.25) is 9.35 Å². The highest BCUT2D eigenvalue weighted by Crippen LogP contribution is 2.33. The van der Waals surface area contributed by atoms with Gasteiger partial charge in [0.2, 0.25) is 0 Å². The number of fused-ring (bicyclic) bond motifs is 1. The Kier molecular flexibility index (Phi) is 3.10. The molecule has 0 aromatic heterocycles. The molecule has 0 spiro atoms. The zero-order valence-corrected chi connectivity index (χ0v) is 9.98. The van der Waals surface area contributed by atoms with Gasteiger partial charge in [-0.1, -0.05) is 6.08 Å². The van der Waals surface area contributed by atoms with Gasteiger partial charge in [-0.15, -0.1) is 0 Å². The molecular formula is C11H10O6S. The van der Waals surface area contributed by atoms with Crippen molar-refractivity contribution in [1.29, 1.82) is 0 Å². The van der Waals surface area contributed by atoms with Crippen molar-refractivity contribution in [2.45, 2.75) is 11.3 Å². The van der Waals surface area contributed by atoms with Crippen molar-refractivity contribution in [3.8, 4) is 5.75 Å². The summed E-state index contributed by atoms with van der Waals surface area (Å²) < 4.78 is 36.8. The first kappa shape index (κ1) is 12.6. The maximum absolute atomic E-state index is 11.2. The Labute approximate surface area is 103 Å². The number of hydrogen-bond donors (Lipinski definition) is 2. The smallest absolute Gasteiger partial charge is 0.307 e. The average Bonchev–Trinajstić information content (AvgIpc) is 2.25. The van der Waals surface area contributed by atoms with Crippen LogP contribution in [-0.2, 0) is 21.3 Å². The van der Waals surface area contributed by atoms with Crippen LogP contribution in [0.3, 0.4) is 0 Å². The first-order valence-electron chi connectivity index (χ1n) is 5.03. The molecular weight excluding hydrogens is 260 g/mol. The molecule has 1 aliphatic rings. The van der Waals surface area contributed by atoms with Gasteiger partial charge >= 0.3 is 5.97 Å². The van der Waals surface area contributed by atoms with E-state index in [-0.39, 0.29) is 24.3 Å². The van der Waals surface area contributed by atoms with Gasteiger partial charge in [-0.25, -0.2) is 0 Å². The predicted molar refractivity (Wildman–Crippen MR) is 62.1 cm³/mol. The van der Waals surface area contributed by atoms with Crippen LogP contribution in [0, 0.1) is 0 Å². The third-order valence-corrected chi connectivity index (χ3v) is 3.26. The fourth-order valence-electron chi connectivity index (χ4n) is 1.74. The van der Waals surface area contributed by atoms with E-state index in [0.717, 1.165) is 6.07 Å². The van der Waals surface area contributed by atoms with E-state index in [1.54, 1.807) is 12.2 Å². The number of carbonyl (C=O) groups is 1. The number of carboxylic acids is 1. The fraction of sp³-hybridized carbons (Fsp3) is 0.182. The lowest BCUT2D eigenvalue weighted by Crippen LogP contribution is -2.10. The molecule has 0 aliphatic carbocycles. The van der Waals surface area contributed by atoms with Crippen LogP contribution in [0.5, 0.6) is 5.75 Å². The van der Waals surface area contributed by atoms with Gasteiger partial charge in [-0.2, -0.15) is 8.42 Å². The number of rotatable bonds is 3. The van der Waals surface area contributed by atoms with Crippen LogP contribution in [0.2, 0.25) is 0 Å². The first-order chi connectivity index (χ1) is 8.38. The van der Waals surface area contributed by atoms with Crippen molar-refractivity contribution in [2.75, 3.05) is 6.61 Å². The lowest BCUT2D eigenvalue weighted by atomic mass is 10.1. The minimum absolute atomic E-state index is 0.0501. The molecule has 7 heteroatoms. The van der Waals surface area contributed by atoms with Crippen LogP contribution in [-0.4, -0.2) is 30.7 Å². The molecule has 0 fully saturated rings. The van der Waals surface area contributed by atoms with Crippen molar-refractivity contribution in [3.05, 3.63) is 29.3 Å². The van der Waals surface area contributed by atoms with E-state index < -0.39 is 21.0 Å². The Balaban J connectivity index is 2.63. The Morgan fingerprint density at radius 3 is 2.72 bits per heavy atom. The average molecular weight is 270 g/mol.